The van der Waals surface area contributed by atoms with Gasteiger partial charge in [-0.25, -0.2) is 8.78 Å². The molecule has 1 atom stereocenters. The SMILES string of the molecule is Fc1cccc(CC(Cl)c2ccc(Cl)cc2Br)c1F. The zero-order chi connectivity index (χ0) is 14.0. The molecule has 1 unspecified atom stereocenters. The molecule has 19 heavy (non-hydrogen) atoms. The topological polar surface area (TPSA) is 0 Å². The van der Waals surface area contributed by atoms with Crippen LogP contribution in [0.25, 0.3) is 0 Å². The standard InChI is InChI=1S/C14H9BrCl2F2/c15-11-7-9(16)4-5-10(11)12(17)6-8-2-1-3-13(18)14(8)19/h1-5,7,12H,6H2. The summed E-state index contributed by atoms with van der Waals surface area (Å²) in [7, 11) is 0. The minimum atomic E-state index is -0.864. The van der Waals surface area contributed by atoms with Crippen LogP contribution >= 0.6 is 39.1 Å². The highest BCUT2D eigenvalue weighted by Crippen LogP contribution is 2.33. The van der Waals surface area contributed by atoms with E-state index in [0.29, 0.717) is 5.02 Å². The van der Waals surface area contributed by atoms with E-state index in [2.05, 4.69) is 15.9 Å². The largest absolute Gasteiger partial charge is 0.204 e. The number of hydrogen-bond acceptors (Lipinski definition) is 0. The number of rotatable bonds is 3. The van der Waals surface area contributed by atoms with Gasteiger partial charge in [-0.15, -0.1) is 11.6 Å². The van der Waals surface area contributed by atoms with Gasteiger partial charge in [0, 0.05) is 9.50 Å². The summed E-state index contributed by atoms with van der Waals surface area (Å²) in [5, 5.41) is 0.111. The van der Waals surface area contributed by atoms with Crippen molar-refractivity contribution in [2.45, 2.75) is 11.8 Å². The first kappa shape index (κ1) is 14.8. The summed E-state index contributed by atoms with van der Waals surface area (Å²) < 4.78 is 27.4. The maximum Gasteiger partial charge on any atom is 0.162 e. The Labute approximate surface area is 128 Å². The number of halogens is 5. The molecule has 0 amide bonds. The molecule has 0 spiro atoms. The van der Waals surface area contributed by atoms with E-state index < -0.39 is 17.0 Å². The summed E-state index contributed by atoms with van der Waals surface area (Å²) in [5.41, 5.74) is 1.04. The van der Waals surface area contributed by atoms with Crippen LogP contribution in [-0.2, 0) is 6.42 Å². The van der Waals surface area contributed by atoms with Crippen molar-refractivity contribution in [1.29, 1.82) is 0 Å². The lowest BCUT2D eigenvalue weighted by atomic mass is 10.0. The van der Waals surface area contributed by atoms with Gasteiger partial charge in [-0.05, 0) is 35.7 Å². The molecule has 0 nitrogen and oxygen atoms in total. The first-order chi connectivity index (χ1) is 8.99. The fourth-order valence-electron chi connectivity index (χ4n) is 1.76. The minimum Gasteiger partial charge on any atom is -0.204 e. The lowest BCUT2D eigenvalue weighted by Crippen LogP contribution is -2.01. The Kier molecular flexibility index (Phi) is 4.82. The van der Waals surface area contributed by atoms with Crippen LogP contribution in [0.2, 0.25) is 5.02 Å². The summed E-state index contributed by atoms with van der Waals surface area (Å²) >= 11 is 15.5. The summed E-state index contributed by atoms with van der Waals surface area (Å²) in [6.45, 7) is 0. The first-order valence-corrected chi connectivity index (χ1v) is 7.11. The van der Waals surface area contributed by atoms with Crippen molar-refractivity contribution < 1.29 is 8.78 Å². The molecule has 0 aliphatic carbocycles. The van der Waals surface area contributed by atoms with E-state index in [1.807, 2.05) is 0 Å². The van der Waals surface area contributed by atoms with Crippen molar-refractivity contribution in [2.24, 2.45) is 0 Å². The average molecular weight is 366 g/mol. The van der Waals surface area contributed by atoms with E-state index in [1.54, 1.807) is 18.2 Å². The van der Waals surface area contributed by atoms with Crippen LogP contribution < -0.4 is 0 Å². The summed E-state index contributed by atoms with van der Waals surface area (Å²) in [6, 6.07) is 9.26. The Bertz CT molecular complexity index is 602. The van der Waals surface area contributed by atoms with Crippen molar-refractivity contribution in [3.63, 3.8) is 0 Å². The van der Waals surface area contributed by atoms with E-state index in [0.717, 1.165) is 16.1 Å². The second-order valence-electron chi connectivity index (χ2n) is 4.05. The molecule has 0 N–H and O–H groups in total. The molecule has 0 heterocycles. The van der Waals surface area contributed by atoms with Crippen molar-refractivity contribution in [3.8, 4) is 0 Å². The van der Waals surface area contributed by atoms with Crippen LogP contribution in [0.15, 0.2) is 40.9 Å². The van der Waals surface area contributed by atoms with Crippen molar-refractivity contribution >= 4 is 39.1 Å². The van der Waals surface area contributed by atoms with Crippen LogP contribution in [0, 0.1) is 11.6 Å². The van der Waals surface area contributed by atoms with Crippen LogP contribution in [0.4, 0.5) is 8.78 Å². The van der Waals surface area contributed by atoms with E-state index in [4.69, 9.17) is 23.2 Å². The number of benzene rings is 2. The molecule has 0 aliphatic heterocycles. The van der Waals surface area contributed by atoms with Gasteiger partial charge in [-0.3, -0.25) is 0 Å². The van der Waals surface area contributed by atoms with Gasteiger partial charge in [-0.2, -0.15) is 0 Å². The highest BCUT2D eigenvalue weighted by molar-refractivity contribution is 9.10. The maximum absolute atomic E-state index is 13.6. The lowest BCUT2D eigenvalue weighted by molar-refractivity contribution is 0.498. The smallest absolute Gasteiger partial charge is 0.162 e. The third-order valence-corrected chi connectivity index (χ3v) is 4.04. The Balaban J connectivity index is 2.25. The third-order valence-electron chi connectivity index (χ3n) is 2.73. The van der Waals surface area contributed by atoms with Gasteiger partial charge in [0.25, 0.3) is 0 Å². The summed E-state index contributed by atoms with van der Waals surface area (Å²) in [4.78, 5) is 0. The second kappa shape index (κ2) is 6.21. The molecule has 0 aliphatic rings. The molecular formula is C14H9BrCl2F2. The molecule has 0 saturated carbocycles. The van der Waals surface area contributed by atoms with E-state index in [1.165, 1.54) is 12.1 Å². The van der Waals surface area contributed by atoms with Crippen LogP contribution in [0.3, 0.4) is 0 Å². The molecule has 2 aromatic rings. The Morgan fingerprint density at radius 2 is 1.89 bits per heavy atom. The molecule has 0 bridgehead atoms. The molecule has 0 radical (unpaired) electrons. The molecule has 2 aromatic carbocycles. The van der Waals surface area contributed by atoms with Gasteiger partial charge >= 0.3 is 0 Å². The van der Waals surface area contributed by atoms with Gasteiger partial charge in [0.15, 0.2) is 11.6 Å². The molecule has 5 heteroatoms. The lowest BCUT2D eigenvalue weighted by Gasteiger charge is -2.13. The van der Waals surface area contributed by atoms with Gasteiger partial charge in [0.2, 0.25) is 0 Å². The normalized spacial score (nSPS) is 12.5. The van der Waals surface area contributed by atoms with Gasteiger partial charge in [0.05, 0.1) is 5.38 Å². The van der Waals surface area contributed by atoms with Crippen molar-refractivity contribution in [1.82, 2.24) is 0 Å². The second-order valence-corrected chi connectivity index (χ2v) is 5.87. The summed E-state index contributed by atoms with van der Waals surface area (Å²) in [6.07, 6.45) is 0.200. The average Bonchev–Trinajstić information content (AvgIpc) is 2.34. The first-order valence-electron chi connectivity index (χ1n) is 5.51. The molecular weight excluding hydrogens is 357 g/mol. The monoisotopic (exact) mass is 364 g/mol. The van der Waals surface area contributed by atoms with Crippen LogP contribution in [-0.4, -0.2) is 0 Å². The van der Waals surface area contributed by atoms with Crippen LogP contribution in [0.5, 0.6) is 0 Å². The fourth-order valence-corrected chi connectivity index (χ4v) is 3.21. The Morgan fingerprint density at radius 3 is 2.58 bits per heavy atom. The van der Waals surface area contributed by atoms with E-state index in [-0.39, 0.29) is 12.0 Å². The Morgan fingerprint density at radius 1 is 1.16 bits per heavy atom. The highest BCUT2D eigenvalue weighted by atomic mass is 79.9. The predicted molar refractivity (Wildman–Crippen MR) is 77.8 cm³/mol. The fraction of sp³-hybridized carbons (Fsp3) is 0.143. The van der Waals surface area contributed by atoms with Crippen molar-refractivity contribution in [3.05, 3.63) is 68.7 Å². The molecule has 2 rings (SSSR count). The van der Waals surface area contributed by atoms with E-state index >= 15 is 0 Å². The minimum absolute atomic E-state index is 0.200. The van der Waals surface area contributed by atoms with Gasteiger partial charge < -0.3 is 0 Å². The molecule has 0 fully saturated rings. The van der Waals surface area contributed by atoms with Crippen LogP contribution in [0.1, 0.15) is 16.5 Å². The predicted octanol–water partition coefficient (Wildman–Crippen LogP) is 5.90. The number of hydrogen-bond donors (Lipinski definition) is 0. The zero-order valence-electron chi connectivity index (χ0n) is 9.64. The van der Waals surface area contributed by atoms with Gasteiger partial charge in [-0.1, -0.05) is 45.7 Å². The molecule has 100 valence electrons. The third kappa shape index (κ3) is 3.47. The Hall–Kier alpha value is -0.640. The zero-order valence-corrected chi connectivity index (χ0v) is 12.7. The molecule has 0 aromatic heterocycles. The molecule has 0 saturated heterocycles. The highest BCUT2D eigenvalue weighted by Gasteiger charge is 2.16. The van der Waals surface area contributed by atoms with Gasteiger partial charge in [0.1, 0.15) is 0 Å². The quantitative estimate of drug-likeness (QED) is 0.593. The van der Waals surface area contributed by atoms with Crippen molar-refractivity contribution in [2.75, 3.05) is 0 Å². The van der Waals surface area contributed by atoms with E-state index in [9.17, 15) is 8.78 Å². The maximum atomic E-state index is 13.6. The summed E-state index contributed by atoms with van der Waals surface area (Å²) in [5.74, 6) is -1.71. The number of alkyl halides is 1.